The highest BCUT2D eigenvalue weighted by Gasteiger charge is 2.40. The summed E-state index contributed by atoms with van der Waals surface area (Å²) in [6.07, 6.45) is -3.80. The third kappa shape index (κ3) is 6.82. The van der Waals surface area contributed by atoms with Crippen LogP contribution in [0.3, 0.4) is 0 Å². The molecule has 1 aromatic carbocycles. The lowest BCUT2D eigenvalue weighted by molar-refractivity contribution is -0.168. The second kappa shape index (κ2) is 9.06. The van der Waals surface area contributed by atoms with Crippen molar-refractivity contribution < 1.29 is 31.9 Å². The average molecular weight is 351 g/mol. The van der Waals surface area contributed by atoms with E-state index in [-0.39, 0.29) is 19.1 Å². The number of rotatable bonds is 8. The first kappa shape index (κ1) is 19.7. The molecule has 3 amide bonds. The molecule has 134 valence electrons. The van der Waals surface area contributed by atoms with E-state index in [0.29, 0.717) is 11.3 Å². The monoisotopic (exact) mass is 351 g/mol. The van der Waals surface area contributed by atoms with Crippen molar-refractivity contribution in [3.63, 3.8) is 0 Å². The smallest absolute Gasteiger partial charge is 0.330 e. The van der Waals surface area contributed by atoms with Crippen LogP contribution in [0.25, 0.3) is 0 Å². The van der Waals surface area contributed by atoms with Crippen molar-refractivity contribution in [3.8, 4) is 0 Å². The van der Waals surface area contributed by atoms with Gasteiger partial charge in [0, 0.05) is 12.7 Å². The number of ether oxygens (including phenoxy) is 1. The van der Waals surface area contributed by atoms with Crippen LogP contribution in [-0.4, -0.2) is 44.5 Å². The predicted molar refractivity (Wildman–Crippen MR) is 78.1 cm³/mol. The SMILES string of the molecule is CNC(=O)CNC(=O)Nc1cccc(COCC(F)(F)C(F)F)c1. The number of alkyl halides is 4. The molecule has 0 aliphatic carbocycles. The van der Waals surface area contributed by atoms with Crippen LogP contribution < -0.4 is 16.0 Å². The summed E-state index contributed by atoms with van der Waals surface area (Å²) < 4.78 is 54.0. The molecular weight excluding hydrogens is 334 g/mol. The number of anilines is 1. The van der Waals surface area contributed by atoms with Crippen LogP contribution >= 0.6 is 0 Å². The van der Waals surface area contributed by atoms with Crippen molar-refractivity contribution in [1.29, 1.82) is 0 Å². The minimum atomic E-state index is -4.21. The molecule has 1 aromatic rings. The van der Waals surface area contributed by atoms with Gasteiger partial charge in [0.15, 0.2) is 0 Å². The largest absolute Gasteiger partial charge is 0.370 e. The van der Waals surface area contributed by atoms with Crippen LogP contribution in [0, 0.1) is 0 Å². The van der Waals surface area contributed by atoms with Gasteiger partial charge in [-0.1, -0.05) is 12.1 Å². The average Bonchev–Trinajstić information content (AvgIpc) is 2.52. The highest BCUT2D eigenvalue weighted by Crippen LogP contribution is 2.23. The predicted octanol–water partition coefficient (Wildman–Crippen LogP) is 1.97. The number of likely N-dealkylation sites (N-methyl/N-ethyl adjacent to an activating group) is 1. The van der Waals surface area contributed by atoms with Gasteiger partial charge in [0.1, 0.15) is 6.61 Å². The van der Waals surface area contributed by atoms with E-state index in [2.05, 4.69) is 20.7 Å². The zero-order valence-electron chi connectivity index (χ0n) is 12.7. The fraction of sp³-hybridized carbons (Fsp3) is 0.429. The minimum absolute atomic E-state index is 0.214. The molecule has 0 saturated carbocycles. The normalized spacial score (nSPS) is 11.2. The van der Waals surface area contributed by atoms with Gasteiger partial charge in [0.2, 0.25) is 5.91 Å². The lowest BCUT2D eigenvalue weighted by Gasteiger charge is -2.15. The number of halogens is 4. The fourth-order valence-corrected chi connectivity index (χ4v) is 1.53. The number of hydrogen-bond donors (Lipinski definition) is 3. The summed E-state index contributed by atoms with van der Waals surface area (Å²) in [5.74, 6) is -4.59. The van der Waals surface area contributed by atoms with Crippen molar-refractivity contribution in [2.75, 3.05) is 25.5 Å². The molecule has 0 aliphatic heterocycles. The number of carbonyl (C=O) groups is 2. The second-order valence-electron chi connectivity index (χ2n) is 4.74. The summed E-state index contributed by atoms with van der Waals surface area (Å²) in [6.45, 7) is -1.94. The van der Waals surface area contributed by atoms with Gasteiger partial charge in [-0.15, -0.1) is 0 Å². The van der Waals surface area contributed by atoms with E-state index in [1.807, 2.05) is 0 Å². The van der Waals surface area contributed by atoms with Crippen molar-refractivity contribution >= 4 is 17.6 Å². The van der Waals surface area contributed by atoms with Gasteiger partial charge < -0.3 is 20.7 Å². The number of amides is 3. The Morgan fingerprint density at radius 2 is 2.00 bits per heavy atom. The van der Waals surface area contributed by atoms with Gasteiger partial charge in [-0.25, -0.2) is 13.6 Å². The molecule has 10 heteroatoms. The lowest BCUT2D eigenvalue weighted by Crippen LogP contribution is -2.37. The van der Waals surface area contributed by atoms with Crippen LogP contribution in [0.2, 0.25) is 0 Å². The maximum absolute atomic E-state index is 12.7. The first-order valence-electron chi connectivity index (χ1n) is 6.82. The van der Waals surface area contributed by atoms with Crippen molar-refractivity contribution in [2.45, 2.75) is 19.0 Å². The molecule has 0 heterocycles. The van der Waals surface area contributed by atoms with E-state index in [0.717, 1.165) is 0 Å². The summed E-state index contributed by atoms with van der Waals surface area (Å²) in [5, 5.41) is 7.06. The standard InChI is InChI=1S/C14H17F4N3O3/c1-19-11(22)6-20-13(23)21-10-4-2-3-9(5-10)7-24-8-14(17,18)12(15)16/h2-5,12H,6-8H2,1H3,(H,19,22)(H2,20,21,23). The van der Waals surface area contributed by atoms with Gasteiger partial charge in [-0.05, 0) is 17.7 Å². The Kier molecular flexibility index (Phi) is 7.43. The molecule has 1 rings (SSSR count). The highest BCUT2D eigenvalue weighted by molar-refractivity contribution is 5.92. The van der Waals surface area contributed by atoms with E-state index in [9.17, 15) is 27.2 Å². The third-order valence-electron chi connectivity index (χ3n) is 2.76. The summed E-state index contributed by atoms with van der Waals surface area (Å²) in [5.41, 5.74) is 0.732. The molecule has 0 atom stereocenters. The maximum atomic E-state index is 12.7. The number of hydrogen-bond acceptors (Lipinski definition) is 3. The van der Waals surface area contributed by atoms with Crippen molar-refractivity contribution in [2.24, 2.45) is 0 Å². The highest BCUT2D eigenvalue weighted by atomic mass is 19.3. The first-order chi connectivity index (χ1) is 11.2. The zero-order chi connectivity index (χ0) is 18.2. The van der Waals surface area contributed by atoms with E-state index in [1.54, 1.807) is 0 Å². The number of benzene rings is 1. The van der Waals surface area contributed by atoms with Crippen LogP contribution in [0.1, 0.15) is 5.56 Å². The Hall–Kier alpha value is -2.36. The molecule has 0 aliphatic rings. The Bertz CT molecular complexity index is 570. The molecular formula is C14H17F4N3O3. The third-order valence-corrected chi connectivity index (χ3v) is 2.76. The Morgan fingerprint density at radius 3 is 2.62 bits per heavy atom. The van der Waals surface area contributed by atoms with E-state index >= 15 is 0 Å². The molecule has 0 saturated heterocycles. The molecule has 0 bridgehead atoms. The molecule has 0 spiro atoms. The maximum Gasteiger partial charge on any atom is 0.330 e. The molecule has 3 N–H and O–H groups in total. The van der Waals surface area contributed by atoms with E-state index in [1.165, 1.54) is 31.3 Å². The van der Waals surface area contributed by atoms with Crippen LogP contribution in [0.4, 0.5) is 28.0 Å². The van der Waals surface area contributed by atoms with Gasteiger partial charge in [0.05, 0.1) is 13.2 Å². The van der Waals surface area contributed by atoms with Crippen molar-refractivity contribution in [3.05, 3.63) is 29.8 Å². The summed E-state index contributed by atoms with van der Waals surface area (Å²) in [6, 6.07) is 5.37. The molecule has 0 aromatic heterocycles. The van der Waals surface area contributed by atoms with E-state index in [4.69, 9.17) is 0 Å². The number of carbonyl (C=O) groups excluding carboxylic acids is 2. The van der Waals surface area contributed by atoms with Gasteiger partial charge >= 0.3 is 18.4 Å². The van der Waals surface area contributed by atoms with E-state index < -0.39 is 25.0 Å². The number of urea groups is 1. The van der Waals surface area contributed by atoms with Crippen molar-refractivity contribution in [1.82, 2.24) is 10.6 Å². The summed E-state index contributed by atoms with van der Waals surface area (Å²) in [4.78, 5) is 22.5. The lowest BCUT2D eigenvalue weighted by atomic mass is 10.2. The van der Waals surface area contributed by atoms with Gasteiger partial charge in [0.25, 0.3) is 0 Å². The Morgan fingerprint density at radius 1 is 1.29 bits per heavy atom. The minimum Gasteiger partial charge on any atom is -0.370 e. The Labute approximate surface area is 135 Å². The number of nitrogens with one attached hydrogen (secondary N) is 3. The van der Waals surface area contributed by atoms with Crippen LogP contribution in [0.5, 0.6) is 0 Å². The molecule has 0 fully saturated rings. The zero-order valence-corrected chi connectivity index (χ0v) is 12.7. The molecule has 6 nitrogen and oxygen atoms in total. The molecule has 24 heavy (non-hydrogen) atoms. The second-order valence-corrected chi connectivity index (χ2v) is 4.74. The molecule has 0 unspecified atom stereocenters. The topological polar surface area (TPSA) is 79.5 Å². The Balaban J connectivity index is 2.49. The summed E-state index contributed by atoms with van der Waals surface area (Å²) in [7, 11) is 1.42. The van der Waals surface area contributed by atoms with Gasteiger partial charge in [-0.3, -0.25) is 4.79 Å². The van der Waals surface area contributed by atoms with Gasteiger partial charge in [-0.2, -0.15) is 8.78 Å². The molecule has 0 radical (unpaired) electrons. The van der Waals surface area contributed by atoms with Crippen LogP contribution in [-0.2, 0) is 16.1 Å². The van der Waals surface area contributed by atoms with Crippen LogP contribution in [0.15, 0.2) is 24.3 Å². The summed E-state index contributed by atoms with van der Waals surface area (Å²) >= 11 is 0. The fourth-order valence-electron chi connectivity index (χ4n) is 1.53. The first-order valence-corrected chi connectivity index (χ1v) is 6.82. The quantitative estimate of drug-likeness (QED) is 0.627.